The summed E-state index contributed by atoms with van der Waals surface area (Å²) in [6.45, 7) is 7.37. The summed E-state index contributed by atoms with van der Waals surface area (Å²) in [6, 6.07) is 0. The number of halogens is 1. The Morgan fingerprint density at radius 3 is 2.68 bits per heavy atom. The predicted molar refractivity (Wildman–Crippen MR) is 73.4 cm³/mol. The van der Waals surface area contributed by atoms with E-state index in [0.29, 0.717) is 24.6 Å². The summed E-state index contributed by atoms with van der Waals surface area (Å²) in [6.07, 6.45) is 0.974. The van der Waals surface area contributed by atoms with Crippen molar-refractivity contribution >= 4 is 18.3 Å². The minimum Gasteiger partial charge on any atom is -0.340 e. The molecule has 19 heavy (non-hydrogen) atoms. The first-order valence-corrected chi connectivity index (χ1v) is 6.48. The normalized spacial score (nSPS) is 15.4. The highest BCUT2D eigenvalue weighted by atomic mass is 35.5. The van der Waals surface area contributed by atoms with E-state index in [9.17, 15) is 4.79 Å². The number of nitrogens with one attached hydrogen (secondary N) is 1. The maximum absolute atomic E-state index is 11.9. The largest absolute Gasteiger partial charge is 0.340 e. The van der Waals surface area contributed by atoms with E-state index in [1.807, 2.05) is 18.7 Å². The average Bonchev–Trinajstić information content (AvgIpc) is 2.86. The van der Waals surface area contributed by atoms with Crippen molar-refractivity contribution in [1.82, 2.24) is 20.4 Å². The van der Waals surface area contributed by atoms with E-state index < -0.39 is 0 Å². The summed E-state index contributed by atoms with van der Waals surface area (Å²) in [5, 5.41) is 7.11. The fraction of sp³-hybridized carbons (Fsp3) is 0.750. The van der Waals surface area contributed by atoms with Gasteiger partial charge in [0.25, 0.3) is 0 Å². The number of amides is 1. The minimum atomic E-state index is 0. The predicted octanol–water partition coefficient (Wildman–Crippen LogP) is 0.979. The van der Waals surface area contributed by atoms with Crippen molar-refractivity contribution in [3.05, 3.63) is 11.7 Å². The molecule has 0 unspecified atom stereocenters. The van der Waals surface area contributed by atoms with Crippen molar-refractivity contribution in [2.75, 3.05) is 26.2 Å². The van der Waals surface area contributed by atoms with Gasteiger partial charge in [-0.15, -0.1) is 12.4 Å². The van der Waals surface area contributed by atoms with Crippen molar-refractivity contribution in [2.24, 2.45) is 0 Å². The second-order valence-electron chi connectivity index (χ2n) is 4.83. The lowest BCUT2D eigenvalue weighted by Gasteiger charge is -2.27. The highest BCUT2D eigenvalue weighted by Gasteiger charge is 2.17. The summed E-state index contributed by atoms with van der Waals surface area (Å²) >= 11 is 0. The number of aromatic nitrogens is 2. The van der Waals surface area contributed by atoms with Crippen molar-refractivity contribution in [1.29, 1.82) is 0 Å². The third-order valence-corrected chi connectivity index (χ3v) is 3.02. The number of hydrogen-bond acceptors (Lipinski definition) is 5. The van der Waals surface area contributed by atoms with E-state index in [1.54, 1.807) is 0 Å². The van der Waals surface area contributed by atoms with Crippen LogP contribution >= 0.6 is 12.4 Å². The lowest BCUT2D eigenvalue weighted by molar-refractivity contribution is -0.131. The molecule has 108 valence electrons. The highest BCUT2D eigenvalue weighted by Crippen LogP contribution is 2.11. The summed E-state index contributed by atoms with van der Waals surface area (Å²) in [7, 11) is 0. The smallest absolute Gasteiger partial charge is 0.227 e. The van der Waals surface area contributed by atoms with Gasteiger partial charge >= 0.3 is 0 Å². The van der Waals surface area contributed by atoms with Crippen molar-refractivity contribution in [3.8, 4) is 0 Å². The van der Waals surface area contributed by atoms with E-state index in [2.05, 4.69) is 15.5 Å². The van der Waals surface area contributed by atoms with Gasteiger partial charge in [-0.2, -0.15) is 4.98 Å². The molecule has 0 saturated carbocycles. The summed E-state index contributed by atoms with van der Waals surface area (Å²) in [5.74, 6) is 1.69. The van der Waals surface area contributed by atoms with Crippen LogP contribution in [0.1, 0.15) is 37.9 Å². The van der Waals surface area contributed by atoms with Crippen LogP contribution in [0.2, 0.25) is 0 Å². The van der Waals surface area contributed by atoms with Crippen LogP contribution < -0.4 is 5.32 Å². The molecule has 0 spiro atoms. The molecule has 1 fully saturated rings. The highest BCUT2D eigenvalue weighted by molar-refractivity contribution is 5.85. The molecule has 1 aromatic rings. The molecule has 1 aliphatic rings. The van der Waals surface area contributed by atoms with Crippen LogP contribution in [0.25, 0.3) is 0 Å². The molecule has 0 bridgehead atoms. The van der Waals surface area contributed by atoms with Crippen molar-refractivity contribution in [3.63, 3.8) is 0 Å². The third-order valence-electron chi connectivity index (χ3n) is 3.02. The molecular formula is C12H21ClN4O2. The van der Waals surface area contributed by atoms with Gasteiger partial charge in [-0.05, 0) is 0 Å². The van der Waals surface area contributed by atoms with Crippen molar-refractivity contribution in [2.45, 2.75) is 32.6 Å². The molecule has 0 aliphatic carbocycles. The Labute approximate surface area is 119 Å². The summed E-state index contributed by atoms with van der Waals surface area (Å²) in [5.41, 5.74) is 0. The number of carbonyl (C=O) groups excluding carboxylic acids is 1. The standard InChI is InChI=1S/C12H20N4O2.ClH/c1-9(2)12-14-10(18-15-12)3-4-11(17)16-7-5-13-6-8-16;/h9,13H,3-8H2,1-2H3;1H. The number of carbonyl (C=O) groups is 1. The molecule has 1 N–H and O–H groups in total. The maximum atomic E-state index is 11.9. The number of piperazine rings is 1. The van der Waals surface area contributed by atoms with E-state index >= 15 is 0 Å². The molecule has 0 aromatic carbocycles. The lowest BCUT2D eigenvalue weighted by Crippen LogP contribution is -2.46. The third kappa shape index (κ3) is 4.47. The minimum absolute atomic E-state index is 0. The van der Waals surface area contributed by atoms with Gasteiger partial charge in [-0.3, -0.25) is 4.79 Å². The van der Waals surface area contributed by atoms with Gasteiger partial charge in [0, 0.05) is 44.9 Å². The van der Waals surface area contributed by atoms with Crippen LogP contribution in [-0.2, 0) is 11.2 Å². The zero-order chi connectivity index (χ0) is 13.0. The van der Waals surface area contributed by atoms with Gasteiger partial charge in [0.2, 0.25) is 11.8 Å². The Hall–Kier alpha value is -1.14. The van der Waals surface area contributed by atoms with E-state index in [0.717, 1.165) is 26.2 Å². The number of rotatable bonds is 4. The zero-order valence-electron chi connectivity index (χ0n) is 11.4. The number of nitrogens with zero attached hydrogens (tertiary/aromatic N) is 3. The molecule has 7 heteroatoms. The topological polar surface area (TPSA) is 71.3 Å². The Kier molecular flexibility index (Phi) is 6.24. The first-order chi connectivity index (χ1) is 8.66. The van der Waals surface area contributed by atoms with Crippen LogP contribution in [-0.4, -0.2) is 47.1 Å². The molecule has 0 radical (unpaired) electrons. The van der Waals surface area contributed by atoms with Gasteiger partial charge in [0.15, 0.2) is 5.82 Å². The van der Waals surface area contributed by atoms with E-state index in [-0.39, 0.29) is 24.2 Å². The average molecular weight is 289 g/mol. The quantitative estimate of drug-likeness (QED) is 0.894. The fourth-order valence-electron chi connectivity index (χ4n) is 1.89. The molecule has 1 amide bonds. The monoisotopic (exact) mass is 288 g/mol. The Bertz CT molecular complexity index is 402. The van der Waals surface area contributed by atoms with Crippen LogP contribution in [0.4, 0.5) is 0 Å². The van der Waals surface area contributed by atoms with Crippen LogP contribution in [0.3, 0.4) is 0 Å². The SMILES string of the molecule is CC(C)c1noc(CCC(=O)N2CCNCC2)n1.Cl. The van der Waals surface area contributed by atoms with Gasteiger partial charge < -0.3 is 14.7 Å². The fourth-order valence-corrected chi connectivity index (χ4v) is 1.89. The Balaban J connectivity index is 0.00000180. The maximum Gasteiger partial charge on any atom is 0.227 e. The van der Waals surface area contributed by atoms with Gasteiger partial charge in [-0.25, -0.2) is 0 Å². The Morgan fingerprint density at radius 1 is 1.42 bits per heavy atom. The van der Waals surface area contributed by atoms with Crippen LogP contribution in [0.5, 0.6) is 0 Å². The first-order valence-electron chi connectivity index (χ1n) is 6.48. The van der Waals surface area contributed by atoms with Crippen LogP contribution in [0.15, 0.2) is 4.52 Å². The lowest BCUT2D eigenvalue weighted by atomic mass is 10.2. The van der Waals surface area contributed by atoms with E-state index in [4.69, 9.17) is 4.52 Å². The number of aryl methyl sites for hydroxylation is 1. The summed E-state index contributed by atoms with van der Waals surface area (Å²) in [4.78, 5) is 18.1. The zero-order valence-corrected chi connectivity index (χ0v) is 12.2. The molecule has 2 rings (SSSR count). The molecule has 6 nitrogen and oxygen atoms in total. The molecule has 1 aromatic heterocycles. The first kappa shape index (κ1) is 15.9. The van der Waals surface area contributed by atoms with Crippen molar-refractivity contribution < 1.29 is 9.32 Å². The summed E-state index contributed by atoms with van der Waals surface area (Å²) < 4.78 is 5.12. The van der Waals surface area contributed by atoms with Gasteiger partial charge in [-0.1, -0.05) is 19.0 Å². The molecule has 1 saturated heterocycles. The molecule has 0 atom stereocenters. The number of hydrogen-bond donors (Lipinski definition) is 1. The second-order valence-corrected chi connectivity index (χ2v) is 4.83. The molecule has 2 heterocycles. The van der Waals surface area contributed by atoms with Crippen LogP contribution in [0, 0.1) is 0 Å². The van der Waals surface area contributed by atoms with Gasteiger partial charge in [0.05, 0.1) is 0 Å². The second kappa shape index (κ2) is 7.45. The van der Waals surface area contributed by atoms with E-state index in [1.165, 1.54) is 0 Å². The molecule has 1 aliphatic heterocycles. The Morgan fingerprint density at radius 2 is 2.11 bits per heavy atom. The van der Waals surface area contributed by atoms with Gasteiger partial charge in [0.1, 0.15) is 0 Å². The molecular weight excluding hydrogens is 268 g/mol.